The Morgan fingerprint density at radius 1 is 1.14 bits per heavy atom. The van der Waals surface area contributed by atoms with Crippen molar-refractivity contribution in [3.05, 3.63) is 64.7 Å². The lowest BCUT2D eigenvalue weighted by Gasteiger charge is -2.20. The highest BCUT2D eigenvalue weighted by atomic mass is 16.5. The van der Waals surface area contributed by atoms with Gasteiger partial charge < -0.3 is 15.4 Å². The molecule has 150 valence electrons. The molecule has 2 aromatic rings. The lowest BCUT2D eigenvalue weighted by atomic mass is 10.1. The molecule has 29 heavy (non-hydrogen) atoms. The number of hydrogen-bond donors (Lipinski definition) is 1. The van der Waals surface area contributed by atoms with Gasteiger partial charge >= 0.3 is 0 Å². The summed E-state index contributed by atoms with van der Waals surface area (Å²) in [4.78, 5) is 41.3. The summed E-state index contributed by atoms with van der Waals surface area (Å²) < 4.78 is 5.38. The fourth-order valence-corrected chi connectivity index (χ4v) is 3.97. The highest BCUT2D eigenvalue weighted by Crippen LogP contribution is 2.28. The number of rotatable bonds is 5. The Bertz CT molecular complexity index is 953. The molecule has 0 aliphatic carbocycles. The summed E-state index contributed by atoms with van der Waals surface area (Å²) in [7, 11) is 1.52. The van der Waals surface area contributed by atoms with Gasteiger partial charge in [-0.3, -0.25) is 19.3 Å². The normalized spacial score (nSPS) is 18.3. The van der Waals surface area contributed by atoms with Crippen LogP contribution in [-0.4, -0.2) is 54.3 Å². The summed E-state index contributed by atoms with van der Waals surface area (Å²) in [5.74, 6) is 0.0186. The van der Waals surface area contributed by atoms with Crippen molar-refractivity contribution in [3.63, 3.8) is 0 Å². The second-order valence-corrected chi connectivity index (χ2v) is 7.42. The quantitative estimate of drug-likeness (QED) is 0.784. The predicted molar refractivity (Wildman–Crippen MR) is 107 cm³/mol. The van der Waals surface area contributed by atoms with Gasteiger partial charge in [0.05, 0.1) is 30.3 Å². The summed E-state index contributed by atoms with van der Waals surface area (Å²) in [6.07, 6.45) is 0.888. The summed E-state index contributed by atoms with van der Waals surface area (Å²) >= 11 is 0. The van der Waals surface area contributed by atoms with E-state index in [1.165, 1.54) is 12.0 Å². The van der Waals surface area contributed by atoms with Crippen LogP contribution in [0.3, 0.4) is 0 Å². The molecule has 2 aliphatic rings. The van der Waals surface area contributed by atoms with Crippen LogP contribution >= 0.6 is 0 Å². The first kappa shape index (κ1) is 19.1. The van der Waals surface area contributed by atoms with E-state index in [4.69, 9.17) is 10.5 Å². The number of amides is 3. The Labute approximate surface area is 169 Å². The number of hydrogen-bond acceptors (Lipinski definition) is 5. The van der Waals surface area contributed by atoms with Crippen LogP contribution in [0.4, 0.5) is 0 Å². The molecule has 0 radical (unpaired) electrons. The molecule has 1 unspecified atom stereocenters. The Hall–Kier alpha value is -3.19. The number of ether oxygens (including phenoxy) is 1. The van der Waals surface area contributed by atoms with E-state index in [0.29, 0.717) is 53.6 Å². The molecule has 2 aromatic carbocycles. The van der Waals surface area contributed by atoms with E-state index in [2.05, 4.69) is 0 Å². The van der Waals surface area contributed by atoms with E-state index in [-0.39, 0.29) is 24.3 Å². The van der Waals surface area contributed by atoms with Crippen LogP contribution in [0.15, 0.2) is 42.5 Å². The average Bonchev–Trinajstić information content (AvgIpc) is 3.33. The minimum absolute atomic E-state index is 0.0993. The van der Waals surface area contributed by atoms with Gasteiger partial charge in [-0.25, -0.2) is 0 Å². The zero-order valence-corrected chi connectivity index (χ0v) is 16.3. The number of fused-ring (bicyclic) bond motifs is 1. The third-order valence-corrected chi connectivity index (χ3v) is 5.62. The maximum absolute atomic E-state index is 13.0. The number of nitrogens with two attached hydrogens (primary N) is 1. The van der Waals surface area contributed by atoms with E-state index in [1.54, 1.807) is 47.4 Å². The number of nitrogens with zero attached hydrogens (tertiary/aromatic N) is 2. The summed E-state index contributed by atoms with van der Waals surface area (Å²) in [6, 6.07) is 12.0. The SMILES string of the molecule is COc1ccc(CN2C(=O)c3ccccc3C2=O)cc1C(=O)N1CCC(CN)C1. The number of methoxy groups -OCH3 is 1. The van der Waals surface area contributed by atoms with Crippen molar-refractivity contribution in [1.82, 2.24) is 9.80 Å². The first-order chi connectivity index (χ1) is 14.0. The molecule has 4 rings (SSSR count). The van der Waals surface area contributed by atoms with E-state index in [0.717, 1.165) is 6.42 Å². The third-order valence-electron chi connectivity index (χ3n) is 5.62. The molecular formula is C22H23N3O4. The Kier molecular flexibility index (Phi) is 5.07. The lowest BCUT2D eigenvalue weighted by Crippen LogP contribution is -2.31. The van der Waals surface area contributed by atoms with Crippen molar-refractivity contribution in [3.8, 4) is 5.75 Å². The smallest absolute Gasteiger partial charge is 0.261 e. The molecule has 0 aromatic heterocycles. The topological polar surface area (TPSA) is 92.9 Å². The molecular weight excluding hydrogens is 370 g/mol. The van der Waals surface area contributed by atoms with Gasteiger partial charge in [-0.1, -0.05) is 18.2 Å². The first-order valence-electron chi connectivity index (χ1n) is 9.65. The molecule has 7 heteroatoms. The number of carbonyl (C=O) groups is 3. The molecule has 1 atom stereocenters. The molecule has 1 fully saturated rings. The maximum Gasteiger partial charge on any atom is 0.261 e. The van der Waals surface area contributed by atoms with Crippen LogP contribution < -0.4 is 10.5 Å². The van der Waals surface area contributed by atoms with Crippen LogP contribution in [0.5, 0.6) is 5.75 Å². The van der Waals surface area contributed by atoms with E-state index in [1.807, 2.05) is 0 Å². The molecule has 0 spiro atoms. The average molecular weight is 393 g/mol. The van der Waals surface area contributed by atoms with Gasteiger partial charge in [0.1, 0.15) is 5.75 Å². The fourth-order valence-electron chi connectivity index (χ4n) is 3.97. The minimum atomic E-state index is -0.320. The maximum atomic E-state index is 13.0. The van der Waals surface area contributed by atoms with Gasteiger partial charge in [-0.05, 0) is 48.7 Å². The predicted octanol–water partition coefficient (Wildman–Crippen LogP) is 1.91. The highest BCUT2D eigenvalue weighted by molar-refractivity contribution is 6.21. The zero-order valence-electron chi connectivity index (χ0n) is 16.3. The Morgan fingerprint density at radius 3 is 2.41 bits per heavy atom. The molecule has 3 amide bonds. The first-order valence-corrected chi connectivity index (χ1v) is 9.65. The molecule has 2 heterocycles. The molecule has 7 nitrogen and oxygen atoms in total. The molecule has 0 saturated carbocycles. The van der Waals surface area contributed by atoms with Crippen LogP contribution in [0.1, 0.15) is 43.1 Å². The van der Waals surface area contributed by atoms with Crippen molar-refractivity contribution in [2.75, 3.05) is 26.7 Å². The second kappa shape index (κ2) is 7.67. The standard InChI is InChI=1S/C22H23N3O4/c1-29-19-7-6-14(10-18(19)20(26)24-9-8-15(11-23)12-24)13-25-21(27)16-4-2-3-5-17(16)22(25)28/h2-7,10,15H,8-9,11-13,23H2,1H3. The number of likely N-dealkylation sites (tertiary alicyclic amines) is 1. The third kappa shape index (κ3) is 3.38. The summed E-state index contributed by atoms with van der Waals surface area (Å²) in [6.45, 7) is 1.94. The van der Waals surface area contributed by atoms with Crippen molar-refractivity contribution >= 4 is 17.7 Å². The van der Waals surface area contributed by atoms with Crippen molar-refractivity contribution in [2.24, 2.45) is 11.7 Å². The fraction of sp³-hybridized carbons (Fsp3) is 0.318. The Balaban J connectivity index is 1.58. The highest BCUT2D eigenvalue weighted by Gasteiger charge is 2.35. The van der Waals surface area contributed by atoms with Crippen molar-refractivity contribution in [2.45, 2.75) is 13.0 Å². The van der Waals surface area contributed by atoms with Crippen LogP contribution in [-0.2, 0) is 6.54 Å². The second-order valence-electron chi connectivity index (χ2n) is 7.42. The number of benzene rings is 2. The largest absolute Gasteiger partial charge is 0.496 e. The molecule has 0 bridgehead atoms. The van der Waals surface area contributed by atoms with Crippen LogP contribution in [0.25, 0.3) is 0 Å². The minimum Gasteiger partial charge on any atom is -0.496 e. The molecule has 1 saturated heterocycles. The van der Waals surface area contributed by atoms with Gasteiger partial charge in [-0.15, -0.1) is 0 Å². The lowest BCUT2D eigenvalue weighted by molar-refractivity contribution is 0.0642. The zero-order chi connectivity index (χ0) is 20.5. The van der Waals surface area contributed by atoms with Crippen molar-refractivity contribution in [1.29, 1.82) is 0 Å². The number of imide groups is 1. The van der Waals surface area contributed by atoms with E-state index < -0.39 is 0 Å². The van der Waals surface area contributed by atoms with Gasteiger partial charge in [0.2, 0.25) is 0 Å². The summed E-state index contributed by atoms with van der Waals surface area (Å²) in [5, 5.41) is 0. The monoisotopic (exact) mass is 393 g/mol. The molecule has 2 N–H and O–H groups in total. The van der Waals surface area contributed by atoms with E-state index >= 15 is 0 Å². The number of carbonyl (C=O) groups excluding carboxylic acids is 3. The van der Waals surface area contributed by atoms with Crippen LogP contribution in [0, 0.1) is 5.92 Å². The van der Waals surface area contributed by atoms with Crippen LogP contribution in [0.2, 0.25) is 0 Å². The summed E-state index contributed by atoms with van der Waals surface area (Å²) in [5.41, 5.74) is 7.68. The van der Waals surface area contributed by atoms with E-state index in [9.17, 15) is 14.4 Å². The van der Waals surface area contributed by atoms with Gasteiger partial charge in [0, 0.05) is 13.1 Å². The molecule has 2 aliphatic heterocycles. The Morgan fingerprint density at radius 2 is 1.83 bits per heavy atom. The van der Waals surface area contributed by atoms with Gasteiger partial charge in [-0.2, -0.15) is 0 Å². The van der Waals surface area contributed by atoms with Gasteiger partial charge in [0.15, 0.2) is 0 Å². The van der Waals surface area contributed by atoms with Gasteiger partial charge in [0.25, 0.3) is 17.7 Å². The van der Waals surface area contributed by atoms with Crippen molar-refractivity contribution < 1.29 is 19.1 Å².